The van der Waals surface area contributed by atoms with Crippen molar-refractivity contribution < 1.29 is 0 Å². The molecule has 2 heterocycles. The third-order valence-corrected chi connectivity index (χ3v) is 4.61. The zero-order valence-corrected chi connectivity index (χ0v) is 12.0. The number of fused-ring (bicyclic) bond motifs is 1. The van der Waals surface area contributed by atoms with Crippen molar-refractivity contribution in [2.45, 2.75) is 57.9 Å². The average molecular weight is 247 g/mol. The van der Waals surface area contributed by atoms with Gasteiger partial charge in [0.05, 0.1) is 0 Å². The average Bonchev–Trinajstić information content (AvgIpc) is 2.49. The Morgan fingerprint density at radius 1 is 1.41 bits per heavy atom. The molecule has 2 rings (SSSR count). The fourth-order valence-electron chi connectivity index (χ4n) is 2.49. The molecule has 1 atom stereocenters. The fraction of sp³-hybridized carbons (Fsp3) is 0.533. The second kappa shape index (κ2) is 5.26. The molecule has 2 heteroatoms. The molecule has 0 aromatic carbocycles. The van der Waals surface area contributed by atoms with Crippen LogP contribution in [0.5, 0.6) is 0 Å². The summed E-state index contributed by atoms with van der Waals surface area (Å²) < 4.78 is 0. The maximum Gasteiger partial charge on any atom is 0.104 e. The summed E-state index contributed by atoms with van der Waals surface area (Å²) in [5, 5.41) is 1.23. The molecule has 0 N–H and O–H groups in total. The van der Waals surface area contributed by atoms with Gasteiger partial charge in [-0.3, -0.25) is 0 Å². The summed E-state index contributed by atoms with van der Waals surface area (Å²) in [7, 11) is 0. The van der Waals surface area contributed by atoms with Gasteiger partial charge in [0.2, 0.25) is 0 Å². The minimum absolute atomic E-state index is 0.644. The van der Waals surface area contributed by atoms with Crippen molar-refractivity contribution in [2.24, 2.45) is 0 Å². The molecule has 0 bridgehead atoms. The van der Waals surface area contributed by atoms with Crippen molar-refractivity contribution in [1.82, 2.24) is 4.98 Å². The topological polar surface area (TPSA) is 12.9 Å². The van der Waals surface area contributed by atoms with Gasteiger partial charge in [-0.2, -0.15) is 0 Å². The SMILES string of the molecule is CCC(C)c1c(C)cnc2c1CCC=C(C)S2. The van der Waals surface area contributed by atoms with E-state index in [4.69, 9.17) is 0 Å². The van der Waals surface area contributed by atoms with E-state index < -0.39 is 0 Å². The molecular formula is C15H21NS. The van der Waals surface area contributed by atoms with E-state index in [9.17, 15) is 0 Å². The van der Waals surface area contributed by atoms with Gasteiger partial charge >= 0.3 is 0 Å². The Morgan fingerprint density at radius 3 is 2.88 bits per heavy atom. The molecule has 1 aromatic rings. The fourth-order valence-corrected chi connectivity index (χ4v) is 3.44. The van der Waals surface area contributed by atoms with Gasteiger partial charge < -0.3 is 0 Å². The highest BCUT2D eigenvalue weighted by Gasteiger charge is 2.18. The third-order valence-electron chi connectivity index (χ3n) is 3.57. The van der Waals surface area contributed by atoms with Crippen LogP contribution in [0.2, 0.25) is 0 Å². The van der Waals surface area contributed by atoms with Gasteiger partial charge in [-0.05, 0) is 60.6 Å². The first-order valence-corrected chi connectivity index (χ1v) is 7.28. The smallest absolute Gasteiger partial charge is 0.104 e. The molecule has 0 saturated carbocycles. The van der Waals surface area contributed by atoms with E-state index in [1.807, 2.05) is 18.0 Å². The predicted octanol–water partition coefficient (Wildman–Crippen LogP) is 4.85. The van der Waals surface area contributed by atoms with Crippen LogP contribution in [0.1, 0.15) is 56.2 Å². The molecule has 1 nitrogen and oxygen atoms in total. The zero-order valence-electron chi connectivity index (χ0n) is 11.2. The van der Waals surface area contributed by atoms with Crippen LogP contribution in [0.4, 0.5) is 0 Å². The van der Waals surface area contributed by atoms with Crippen LogP contribution in [0.15, 0.2) is 22.2 Å². The van der Waals surface area contributed by atoms with Crippen molar-refractivity contribution in [1.29, 1.82) is 0 Å². The Kier molecular flexibility index (Phi) is 3.93. The van der Waals surface area contributed by atoms with Gasteiger partial charge in [-0.1, -0.05) is 31.7 Å². The normalized spacial score (nSPS) is 17.1. The number of hydrogen-bond acceptors (Lipinski definition) is 2. The summed E-state index contributed by atoms with van der Waals surface area (Å²) in [5.74, 6) is 0.644. The number of rotatable bonds is 2. The van der Waals surface area contributed by atoms with Gasteiger partial charge in [-0.25, -0.2) is 4.98 Å². The van der Waals surface area contributed by atoms with Crippen molar-refractivity contribution in [3.8, 4) is 0 Å². The maximum atomic E-state index is 4.63. The molecule has 0 fully saturated rings. The lowest BCUT2D eigenvalue weighted by atomic mass is 9.90. The highest BCUT2D eigenvalue weighted by molar-refractivity contribution is 8.03. The lowest BCUT2D eigenvalue weighted by Gasteiger charge is -2.19. The largest absolute Gasteiger partial charge is 0.249 e. The molecular weight excluding hydrogens is 226 g/mol. The zero-order chi connectivity index (χ0) is 12.4. The standard InChI is InChI=1S/C15H21NS/c1-5-10(2)14-11(3)9-16-15-13(14)8-6-7-12(4)17-15/h7,9-10H,5-6,8H2,1-4H3. The Labute approximate surface area is 109 Å². The van der Waals surface area contributed by atoms with Crippen molar-refractivity contribution in [3.05, 3.63) is 33.9 Å². The Hall–Kier alpha value is -0.760. The highest BCUT2D eigenvalue weighted by Crippen LogP contribution is 2.37. The molecule has 1 aliphatic heterocycles. The van der Waals surface area contributed by atoms with Gasteiger partial charge in [0.15, 0.2) is 0 Å². The number of nitrogens with zero attached hydrogens (tertiary/aromatic N) is 1. The van der Waals surface area contributed by atoms with Gasteiger partial charge in [0.1, 0.15) is 5.03 Å². The molecule has 1 unspecified atom stereocenters. The summed E-state index contributed by atoms with van der Waals surface area (Å²) in [4.78, 5) is 6.01. The van der Waals surface area contributed by atoms with Crippen molar-refractivity contribution >= 4 is 11.8 Å². The first kappa shape index (κ1) is 12.7. The molecule has 0 radical (unpaired) electrons. The van der Waals surface area contributed by atoms with E-state index in [2.05, 4.69) is 38.8 Å². The summed E-state index contributed by atoms with van der Waals surface area (Å²) in [5.41, 5.74) is 4.41. The monoisotopic (exact) mass is 247 g/mol. The molecule has 17 heavy (non-hydrogen) atoms. The Bertz CT molecular complexity index is 448. The molecule has 92 valence electrons. The number of thioether (sulfide) groups is 1. The minimum Gasteiger partial charge on any atom is -0.249 e. The number of allylic oxidation sites excluding steroid dienone is 2. The Morgan fingerprint density at radius 2 is 2.18 bits per heavy atom. The van der Waals surface area contributed by atoms with Gasteiger partial charge in [-0.15, -0.1) is 0 Å². The summed E-state index contributed by atoms with van der Waals surface area (Å²) in [6.45, 7) is 8.98. The number of aromatic nitrogens is 1. The number of pyridine rings is 1. The van der Waals surface area contributed by atoms with E-state index in [1.165, 1.54) is 27.5 Å². The van der Waals surface area contributed by atoms with Crippen LogP contribution in [0, 0.1) is 6.92 Å². The van der Waals surface area contributed by atoms with Gasteiger partial charge in [0.25, 0.3) is 0 Å². The molecule has 0 spiro atoms. The molecule has 0 saturated heterocycles. The van der Waals surface area contributed by atoms with Crippen molar-refractivity contribution in [3.63, 3.8) is 0 Å². The van der Waals surface area contributed by atoms with E-state index in [0.29, 0.717) is 5.92 Å². The first-order valence-electron chi connectivity index (χ1n) is 6.46. The first-order chi connectivity index (χ1) is 8.13. The number of aryl methyl sites for hydroxylation is 1. The quantitative estimate of drug-likeness (QED) is 0.741. The third kappa shape index (κ3) is 2.57. The van der Waals surface area contributed by atoms with Crippen LogP contribution in [-0.4, -0.2) is 4.98 Å². The Balaban J connectivity index is 2.51. The molecule has 1 aromatic heterocycles. The van der Waals surface area contributed by atoms with E-state index in [-0.39, 0.29) is 0 Å². The van der Waals surface area contributed by atoms with E-state index in [0.717, 1.165) is 12.8 Å². The molecule has 0 aliphatic carbocycles. The summed E-state index contributed by atoms with van der Waals surface area (Å²) in [6.07, 6.45) is 7.89. The lowest BCUT2D eigenvalue weighted by Crippen LogP contribution is -2.04. The van der Waals surface area contributed by atoms with Crippen LogP contribution in [0.25, 0.3) is 0 Å². The summed E-state index contributed by atoms with van der Waals surface area (Å²) in [6, 6.07) is 0. The summed E-state index contributed by atoms with van der Waals surface area (Å²) >= 11 is 1.83. The van der Waals surface area contributed by atoms with E-state index in [1.54, 1.807) is 5.56 Å². The van der Waals surface area contributed by atoms with Crippen molar-refractivity contribution in [2.75, 3.05) is 0 Å². The van der Waals surface area contributed by atoms with Crippen LogP contribution >= 0.6 is 11.8 Å². The maximum absolute atomic E-state index is 4.63. The molecule has 0 amide bonds. The minimum atomic E-state index is 0.644. The second-order valence-electron chi connectivity index (χ2n) is 4.90. The lowest BCUT2D eigenvalue weighted by molar-refractivity contribution is 0.703. The van der Waals surface area contributed by atoms with Crippen LogP contribution < -0.4 is 0 Å². The van der Waals surface area contributed by atoms with E-state index >= 15 is 0 Å². The number of hydrogen-bond donors (Lipinski definition) is 0. The van der Waals surface area contributed by atoms with Crippen LogP contribution in [-0.2, 0) is 6.42 Å². The second-order valence-corrected chi connectivity index (χ2v) is 6.14. The van der Waals surface area contributed by atoms with Crippen LogP contribution in [0.3, 0.4) is 0 Å². The highest BCUT2D eigenvalue weighted by atomic mass is 32.2. The predicted molar refractivity (Wildman–Crippen MR) is 75.6 cm³/mol. The van der Waals surface area contributed by atoms with Gasteiger partial charge in [0, 0.05) is 6.20 Å². The molecule has 1 aliphatic rings.